The molecule has 6 nitrogen and oxygen atoms in total. The lowest BCUT2D eigenvalue weighted by Gasteiger charge is -2.03. The Morgan fingerprint density at radius 3 is 1.23 bits per heavy atom. The van der Waals surface area contributed by atoms with Crippen LogP contribution in [-0.4, -0.2) is 10.2 Å². The van der Waals surface area contributed by atoms with E-state index >= 15 is 0 Å². The van der Waals surface area contributed by atoms with Crippen molar-refractivity contribution >= 4 is 43.1 Å². The fourth-order valence-electron chi connectivity index (χ4n) is 5.75. The lowest BCUT2D eigenvalue weighted by atomic mass is 10.0. The van der Waals surface area contributed by atoms with Crippen LogP contribution in [0.5, 0.6) is 11.5 Å². The molecule has 0 bridgehead atoms. The summed E-state index contributed by atoms with van der Waals surface area (Å²) in [6.45, 7) is 0. The molecule has 0 aromatic heterocycles. The second kappa shape index (κ2) is 8.80. The van der Waals surface area contributed by atoms with E-state index in [2.05, 4.69) is 9.98 Å². The van der Waals surface area contributed by atoms with Crippen molar-refractivity contribution in [2.75, 3.05) is 0 Å². The van der Waals surface area contributed by atoms with Crippen LogP contribution in [0.4, 0.5) is 0 Å². The van der Waals surface area contributed by atoms with Crippen LogP contribution in [0.3, 0.4) is 0 Å². The number of fused-ring (bicyclic) bond motifs is 6. The third-order valence-corrected chi connectivity index (χ3v) is 7.48. The molecule has 40 heavy (non-hydrogen) atoms. The Morgan fingerprint density at radius 1 is 0.425 bits per heavy atom. The molecule has 7 rings (SSSR count). The standard InChI is InChI=1S/C34H18N4O2/c35-17-37-33-29-13-21(19-3-1-5-23(39)11-19)7-9-25(29)27-15-32-28(16-31(27)33)26-10-8-22(14-30(26)34(32)38-18-36)20-4-2-6-24(40)12-20/h1-16,39-40H/b37-33+,38-34+. The molecule has 0 saturated carbocycles. The van der Waals surface area contributed by atoms with Gasteiger partial charge in [0.15, 0.2) is 0 Å². The number of rotatable bonds is 2. The molecule has 186 valence electrons. The van der Waals surface area contributed by atoms with Crippen LogP contribution < -0.4 is 10.7 Å². The van der Waals surface area contributed by atoms with E-state index in [-0.39, 0.29) is 11.5 Å². The summed E-state index contributed by atoms with van der Waals surface area (Å²) in [5, 5.41) is 47.3. The molecule has 0 heterocycles. The van der Waals surface area contributed by atoms with Crippen molar-refractivity contribution in [3.05, 3.63) is 108 Å². The van der Waals surface area contributed by atoms with Crippen LogP contribution >= 0.6 is 0 Å². The molecule has 7 aromatic carbocycles. The molecule has 2 N–H and O–H groups in total. The Bertz CT molecular complexity index is 2210. The zero-order valence-electron chi connectivity index (χ0n) is 20.9. The van der Waals surface area contributed by atoms with Gasteiger partial charge >= 0.3 is 0 Å². The summed E-state index contributed by atoms with van der Waals surface area (Å²) in [6, 6.07) is 30.1. The van der Waals surface area contributed by atoms with Crippen molar-refractivity contribution in [1.82, 2.24) is 0 Å². The predicted molar refractivity (Wildman–Crippen MR) is 155 cm³/mol. The quantitative estimate of drug-likeness (QED) is 0.250. The summed E-state index contributed by atoms with van der Waals surface area (Å²) in [4.78, 5) is 8.45. The first-order valence-electron chi connectivity index (χ1n) is 12.6. The highest BCUT2D eigenvalue weighted by atomic mass is 16.3. The van der Waals surface area contributed by atoms with Gasteiger partial charge in [0.25, 0.3) is 0 Å². The van der Waals surface area contributed by atoms with Gasteiger partial charge in [-0.15, -0.1) is 0 Å². The van der Waals surface area contributed by atoms with Crippen molar-refractivity contribution in [3.63, 3.8) is 0 Å². The predicted octanol–water partition coefficient (Wildman–Crippen LogP) is 6.68. The van der Waals surface area contributed by atoms with Gasteiger partial charge in [0, 0.05) is 21.5 Å². The maximum Gasteiger partial charge on any atom is 0.206 e. The highest BCUT2D eigenvalue weighted by molar-refractivity contribution is 6.21. The molecular formula is C34H18N4O2. The number of phenols is 2. The summed E-state index contributed by atoms with van der Waals surface area (Å²) in [5.74, 6) is 0.359. The second-order valence-corrected chi connectivity index (χ2v) is 9.69. The molecule has 0 aliphatic rings. The van der Waals surface area contributed by atoms with E-state index in [9.17, 15) is 20.7 Å². The number of nitrogens with zero attached hydrogens (tertiary/aromatic N) is 4. The van der Waals surface area contributed by atoms with E-state index in [0.717, 1.165) is 65.3 Å². The molecule has 0 spiro atoms. The van der Waals surface area contributed by atoms with E-state index in [1.54, 1.807) is 36.4 Å². The maximum atomic E-state index is 9.97. The molecular weight excluding hydrogens is 496 g/mol. The molecule has 0 fully saturated rings. The average molecular weight is 515 g/mol. The largest absolute Gasteiger partial charge is 0.508 e. The van der Waals surface area contributed by atoms with E-state index in [1.165, 1.54) is 0 Å². The van der Waals surface area contributed by atoms with Crippen LogP contribution in [0.15, 0.2) is 107 Å². The van der Waals surface area contributed by atoms with Crippen molar-refractivity contribution in [2.24, 2.45) is 9.98 Å². The fourth-order valence-corrected chi connectivity index (χ4v) is 5.75. The first-order valence-corrected chi connectivity index (χ1v) is 12.6. The third-order valence-electron chi connectivity index (χ3n) is 7.48. The molecule has 0 saturated heterocycles. The van der Waals surface area contributed by atoms with Gasteiger partial charge in [-0.05, 0) is 92.3 Å². The molecule has 0 unspecified atom stereocenters. The minimum absolute atomic E-state index is 0.179. The third kappa shape index (κ3) is 3.49. The van der Waals surface area contributed by atoms with E-state index in [0.29, 0.717) is 10.7 Å². The highest BCUT2D eigenvalue weighted by Crippen LogP contribution is 2.35. The van der Waals surface area contributed by atoms with Crippen LogP contribution in [0.2, 0.25) is 0 Å². The molecule has 0 aliphatic heterocycles. The topological polar surface area (TPSA) is 113 Å². The van der Waals surface area contributed by atoms with E-state index in [1.807, 2.05) is 73.0 Å². The Morgan fingerprint density at radius 2 is 0.825 bits per heavy atom. The summed E-state index contributed by atoms with van der Waals surface area (Å²) in [6.07, 6.45) is 3.93. The lowest BCUT2D eigenvalue weighted by Crippen LogP contribution is -1.99. The number of phenolic OH excluding ortho intramolecular Hbond substituents is 2. The van der Waals surface area contributed by atoms with Gasteiger partial charge in [0.05, 0.1) is 10.7 Å². The molecule has 6 heteroatoms. The van der Waals surface area contributed by atoms with Gasteiger partial charge < -0.3 is 10.2 Å². The molecule has 0 radical (unpaired) electrons. The maximum absolute atomic E-state index is 9.97. The molecule has 0 amide bonds. The van der Waals surface area contributed by atoms with Gasteiger partial charge in [0.1, 0.15) is 11.5 Å². The minimum atomic E-state index is 0.179. The minimum Gasteiger partial charge on any atom is -0.508 e. The SMILES string of the molecule is N#C/N=c1\c2cc(-c3cccc(O)c3)ccc2c2cc3/c(=N/C#N)c4cc(-c5cccc(O)c5)ccc4c3cc12. The fraction of sp³-hybridized carbons (Fsp3) is 0. The van der Waals surface area contributed by atoms with Crippen molar-refractivity contribution in [2.45, 2.75) is 0 Å². The van der Waals surface area contributed by atoms with E-state index in [4.69, 9.17) is 0 Å². The number of hydrogen-bond donors (Lipinski definition) is 2. The van der Waals surface area contributed by atoms with Crippen LogP contribution in [0.25, 0.3) is 65.3 Å². The van der Waals surface area contributed by atoms with Gasteiger partial charge in [-0.25, -0.2) is 0 Å². The smallest absolute Gasteiger partial charge is 0.206 e. The zero-order chi connectivity index (χ0) is 27.4. The zero-order valence-corrected chi connectivity index (χ0v) is 20.9. The lowest BCUT2D eigenvalue weighted by molar-refractivity contribution is 0.475. The van der Waals surface area contributed by atoms with Gasteiger partial charge in [-0.1, -0.05) is 48.5 Å². The van der Waals surface area contributed by atoms with Gasteiger partial charge in [-0.2, -0.15) is 20.5 Å². The Kier molecular flexibility index (Phi) is 5.10. The number of aromatic hydroxyl groups is 2. The summed E-state index contributed by atoms with van der Waals surface area (Å²) in [5.41, 5.74) is 3.52. The Balaban J connectivity index is 1.56. The van der Waals surface area contributed by atoms with Gasteiger partial charge in [0.2, 0.25) is 12.4 Å². The van der Waals surface area contributed by atoms with E-state index < -0.39 is 0 Å². The van der Waals surface area contributed by atoms with Crippen LogP contribution in [0.1, 0.15) is 0 Å². The molecule has 7 aromatic rings. The summed E-state index contributed by atoms with van der Waals surface area (Å²) in [7, 11) is 0. The van der Waals surface area contributed by atoms with Crippen LogP contribution in [-0.2, 0) is 0 Å². The highest BCUT2D eigenvalue weighted by Gasteiger charge is 2.16. The Labute approximate surface area is 227 Å². The average Bonchev–Trinajstić information content (AvgIpc) is 3.43. The van der Waals surface area contributed by atoms with Crippen molar-refractivity contribution in [1.29, 1.82) is 10.5 Å². The normalized spacial score (nSPS) is 12.4. The second-order valence-electron chi connectivity index (χ2n) is 9.69. The number of nitriles is 2. The van der Waals surface area contributed by atoms with Crippen molar-refractivity contribution < 1.29 is 10.2 Å². The van der Waals surface area contributed by atoms with Crippen LogP contribution in [0, 0.1) is 22.9 Å². The first kappa shape index (κ1) is 23.2. The monoisotopic (exact) mass is 514 g/mol. The van der Waals surface area contributed by atoms with Gasteiger partial charge in [-0.3, -0.25) is 0 Å². The molecule has 0 aliphatic carbocycles. The molecule has 0 atom stereocenters. The first-order chi connectivity index (χ1) is 19.6. The summed E-state index contributed by atoms with van der Waals surface area (Å²) < 4.78 is 0. The van der Waals surface area contributed by atoms with Crippen molar-refractivity contribution in [3.8, 4) is 46.1 Å². The summed E-state index contributed by atoms with van der Waals surface area (Å²) >= 11 is 0. The number of hydrogen-bond acceptors (Lipinski definition) is 6. The Hall–Kier alpha value is -5.98. The number of benzene rings is 5.